The Labute approximate surface area is 612 Å². The highest BCUT2D eigenvalue weighted by Crippen LogP contribution is 2.24. The van der Waals surface area contributed by atoms with Crippen LogP contribution in [0.2, 0.25) is 0 Å². The van der Waals surface area contributed by atoms with E-state index in [4.69, 9.17) is 14.2 Å². The molecule has 1 fully saturated rings. The normalized spacial score (nSPS) is 17.3. The maximum atomic E-state index is 13.1. The van der Waals surface area contributed by atoms with Gasteiger partial charge in [0.2, 0.25) is 5.91 Å². The number of hydrogen-bond donors (Lipinski definition) is 6. The highest BCUT2D eigenvalue weighted by atomic mass is 16.7. The zero-order valence-electron chi connectivity index (χ0n) is 65.2. The summed E-state index contributed by atoms with van der Waals surface area (Å²) >= 11 is 0. The van der Waals surface area contributed by atoms with Crippen LogP contribution in [0.4, 0.5) is 0 Å². The fraction of sp³-hybridized carbons (Fsp3) is 0.886. The van der Waals surface area contributed by atoms with E-state index in [1.165, 1.54) is 347 Å². The summed E-state index contributed by atoms with van der Waals surface area (Å²) in [5.74, 6) is -0.163. The van der Waals surface area contributed by atoms with Crippen LogP contribution in [0, 0.1) is 0 Å². The second-order valence-corrected chi connectivity index (χ2v) is 30.2. The Hall–Kier alpha value is -2.38. The summed E-state index contributed by atoms with van der Waals surface area (Å²) in [5.41, 5.74) is 0. The molecule has 0 aliphatic carbocycles. The van der Waals surface area contributed by atoms with Crippen LogP contribution in [0.3, 0.4) is 0 Å². The summed E-state index contributed by atoms with van der Waals surface area (Å²) in [6, 6.07) is -0.809. The van der Waals surface area contributed by atoms with E-state index in [-0.39, 0.29) is 18.5 Å². The first kappa shape index (κ1) is 94.6. The van der Waals surface area contributed by atoms with E-state index in [2.05, 4.69) is 55.6 Å². The van der Waals surface area contributed by atoms with Crippen LogP contribution in [0.15, 0.2) is 48.6 Å². The Kier molecular flexibility index (Phi) is 73.4. The molecule has 7 unspecified atom stereocenters. The highest BCUT2D eigenvalue weighted by Gasteiger charge is 2.44. The molecule has 99 heavy (non-hydrogen) atoms. The molecule has 1 aliphatic rings. The SMILES string of the molecule is CCCCCCCC/C=C\CCCCCCCCCC(=O)OCCCCCCCCCCCCCCCCC/C=C\C/C=C\CCCCCCCCCCCCCCCCCCCC(=O)NC(COC1OC(CO)C(O)C(O)C1O)C(O)/C=C/CCCCCCCCCCCCCCC. The third-order valence-corrected chi connectivity index (χ3v) is 20.7. The average Bonchev–Trinajstić information content (AvgIpc) is 0.827. The quantitative estimate of drug-likeness (QED) is 0.0195. The van der Waals surface area contributed by atoms with Gasteiger partial charge in [0.1, 0.15) is 24.4 Å². The molecule has 6 N–H and O–H groups in total. The van der Waals surface area contributed by atoms with E-state index < -0.39 is 49.5 Å². The van der Waals surface area contributed by atoms with Crippen molar-refractivity contribution >= 4 is 11.9 Å². The molecule has 1 aliphatic heterocycles. The Morgan fingerprint density at radius 1 is 0.374 bits per heavy atom. The lowest BCUT2D eigenvalue weighted by Crippen LogP contribution is -2.60. The molecule has 582 valence electrons. The largest absolute Gasteiger partial charge is 0.466 e. The van der Waals surface area contributed by atoms with Crippen LogP contribution < -0.4 is 5.32 Å². The maximum absolute atomic E-state index is 13.1. The minimum atomic E-state index is -1.57. The van der Waals surface area contributed by atoms with E-state index in [1.807, 2.05) is 6.08 Å². The Morgan fingerprint density at radius 3 is 1.03 bits per heavy atom. The topological polar surface area (TPSA) is 175 Å². The number of esters is 1. The van der Waals surface area contributed by atoms with Crippen molar-refractivity contribution in [1.82, 2.24) is 5.32 Å². The molecule has 7 atom stereocenters. The highest BCUT2D eigenvalue weighted by molar-refractivity contribution is 5.76. The summed E-state index contributed by atoms with van der Waals surface area (Å²) < 4.78 is 16.8. The average molecular weight is 1400 g/mol. The first-order valence-electron chi connectivity index (χ1n) is 43.4. The summed E-state index contributed by atoms with van der Waals surface area (Å²) in [6.07, 6.45) is 93.0. The number of nitrogens with one attached hydrogen (secondary N) is 1. The third-order valence-electron chi connectivity index (χ3n) is 20.7. The van der Waals surface area contributed by atoms with Crippen molar-refractivity contribution in [3.8, 4) is 0 Å². The number of amides is 1. The zero-order valence-corrected chi connectivity index (χ0v) is 65.2. The lowest BCUT2D eigenvalue weighted by molar-refractivity contribution is -0.302. The summed E-state index contributed by atoms with van der Waals surface area (Å²) in [7, 11) is 0. The number of carbonyl (C=O) groups is 2. The van der Waals surface area contributed by atoms with Crippen LogP contribution in [0.25, 0.3) is 0 Å². The Balaban J connectivity index is 1.90. The van der Waals surface area contributed by atoms with Crippen LogP contribution in [0.1, 0.15) is 438 Å². The number of allylic oxidation sites excluding steroid dienone is 7. The van der Waals surface area contributed by atoms with Crippen molar-refractivity contribution in [2.75, 3.05) is 19.8 Å². The van der Waals surface area contributed by atoms with Gasteiger partial charge in [0.05, 0.1) is 32.0 Å². The molecule has 1 rings (SSSR count). The first-order chi connectivity index (χ1) is 48.7. The number of ether oxygens (including phenoxy) is 3. The maximum Gasteiger partial charge on any atom is 0.305 e. The van der Waals surface area contributed by atoms with Gasteiger partial charge in [0, 0.05) is 12.8 Å². The van der Waals surface area contributed by atoms with Gasteiger partial charge in [0.15, 0.2) is 6.29 Å². The van der Waals surface area contributed by atoms with Gasteiger partial charge in [0.25, 0.3) is 0 Å². The first-order valence-corrected chi connectivity index (χ1v) is 43.4. The van der Waals surface area contributed by atoms with Crippen LogP contribution in [-0.2, 0) is 23.8 Å². The monoisotopic (exact) mass is 1400 g/mol. The molecular weight excluding hydrogens is 1230 g/mol. The van der Waals surface area contributed by atoms with Crippen molar-refractivity contribution in [3.05, 3.63) is 48.6 Å². The molecule has 0 aromatic rings. The summed E-state index contributed by atoms with van der Waals surface area (Å²) in [5, 5.41) is 54.7. The predicted molar refractivity (Wildman–Crippen MR) is 421 cm³/mol. The van der Waals surface area contributed by atoms with E-state index in [0.29, 0.717) is 19.4 Å². The van der Waals surface area contributed by atoms with E-state index in [9.17, 15) is 35.1 Å². The van der Waals surface area contributed by atoms with E-state index in [0.717, 1.165) is 64.2 Å². The van der Waals surface area contributed by atoms with Crippen molar-refractivity contribution in [3.63, 3.8) is 0 Å². The van der Waals surface area contributed by atoms with E-state index >= 15 is 0 Å². The molecule has 0 aromatic carbocycles. The summed E-state index contributed by atoms with van der Waals surface area (Å²) in [4.78, 5) is 25.2. The smallest absolute Gasteiger partial charge is 0.305 e. The van der Waals surface area contributed by atoms with Gasteiger partial charge in [-0.1, -0.05) is 383 Å². The molecule has 0 saturated carbocycles. The number of hydrogen-bond acceptors (Lipinski definition) is 10. The van der Waals surface area contributed by atoms with Crippen LogP contribution >= 0.6 is 0 Å². The fourth-order valence-corrected chi connectivity index (χ4v) is 13.9. The summed E-state index contributed by atoms with van der Waals surface area (Å²) in [6.45, 7) is 4.40. The minimum Gasteiger partial charge on any atom is -0.466 e. The predicted octanol–water partition coefficient (Wildman–Crippen LogP) is 24.2. The van der Waals surface area contributed by atoms with Gasteiger partial charge in [-0.25, -0.2) is 0 Å². The number of carbonyl (C=O) groups excluding carboxylic acids is 2. The second kappa shape index (κ2) is 76.7. The number of rotatable bonds is 78. The number of aliphatic hydroxyl groups is 5. The van der Waals surface area contributed by atoms with E-state index in [1.54, 1.807) is 6.08 Å². The molecular formula is C88H165NO10. The van der Waals surface area contributed by atoms with Crippen molar-refractivity contribution in [2.24, 2.45) is 0 Å². The Bertz CT molecular complexity index is 1790. The van der Waals surface area contributed by atoms with Gasteiger partial charge in [-0.15, -0.1) is 0 Å². The molecule has 0 aromatic heterocycles. The second-order valence-electron chi connectivity index (χ2n) is 30.2. The lowest BCUT2D eigenvalue weighted by Gasteiger charge is -2.40. The van der Waals surface area contributed by atoms with Gasteiger partial charge < -0.3 is 45.1 Å². The van der Waals surface area contributed by atoms with Crippen molar-refractivity contribution in [1.29, 1.82) is 0 Å². The number of unbranched alkanes of at least 4 members (excludes halogenated alkanes) is 58. The standard InChI is InChI=1S/C88H165NO10/c1-3-5-7-9-11-13-15-17-19-43-48-52-56-60-64-68-72-76-84(93)97-77-73-69-65-61-57-53-49-45-42-40-38-36-34-32-30-28-26-24-22-20-21-23-25-27-29-31-33-35-37-39-41-44-47-51-55-59-63-67-71-75-83(92)89-80(79-98-88-87(96)86(95)85(94)82(78-90)99-88)81(91)74-70-66-62-58-54-50-46-18-16-14-12-10-8-6-4-2/h17,19-21,24,26,70,74,80-82,85-88,90-91,94-96H,3-16,18,22-23,25,27-69,71-73,75-79H2,1-2H3,(H,89,92)/b19-17-,21-20-,26-24-,74-70+. The molecule has 0 spiro atoms. The fourth-order valence-electron chi connectivity index (χ4n) is 13.9. The molecule has 11 heteroatoms. The molecule has 1 amide bonds. The number of aliphatic hydroxyl groups excluding tert-OH is 5. The van der Waals surface area contributed by atoms with Crippen LogP contribution in [-0.4, -0.2) is 100 Å². The van der Waals surface area contributed by atoms with Gasteiger partial charge in [-0.3, -0.25) is 9.59 Å². The molecule has 0 radical (unpaired) electrons. The minimum absolute atomic E-state index is 0.0120. The molecule has 11 nitrogen and oxygen atoms in total. The van der Waals surface area contributed by atoms with Crippen molar-refractivity contribution in [2.45, 2.75) is 480 Å². The van der Waals surface area contributed by atoms with Gasteiger partial charge in [-0.05, 0) is 89.9 Å². The third kappa shape index (κ3) is 64.9. The lowest BCUT2D eigenvalue weighted by atomic mass is 9.99. The molecule has 1 heterocycles. The van der Waals surface area contributed by atoms with Crippen molar-refractivity contribution < 1.29 is 49.3 Å². The van der Waals surface area contributed by atoms with Gasteiger partial charge >= 0.3 is 5.97 Å². The Morgan fingerprint density at radius 2 is 0.677 bits per heavy atom. The van der Waals surface area contributed by atoms with Gasteiger partial charge in [-0.2, -0.15) is 0 Å². The molecule has 0 bridgehead atoms. The molecule has 1 saturated heterocycles. The zero-order chi connectivity index (χ0) is 71.5. The van der Waals surface area contributed by atoms with Crippen LogP contribution in [0.5, 0.6) is 0 Å².